The molecule has 0 saturated carbocycles. The topological polar surface area (TPSA) is 59.5 Å². The first kappa shape index (κ1) is 13.3. The molecule has 0 aromatic carbocycles. The summed E-state index contributed by atoms with van der Waals surface area (Å²) in [7, 11) is 0. The van der Waals surface area contributed by atoms with E-state index < -0.39 is 0 Å². The molecule has 3 aromatic heterocycles. The minimum absolute atomic E-state index is 0.161. The largest absolute Gasteiger partial charge is 0.469 e. The van der Waals surface area contributed by atoms with Gasteiger partial charge in [0.1, 0.15) is 5.76 Å². The first-order chi connectivity index (χ1) is 10.8. The van der Waals surface area contributed by atoms with Crippen molar-refractivity contribution in [3.63, 3.8) is 0 Å². The zero-order chi connectivity index (χ0) is 15.1. The third kappa shape index (κ3) is 1.99. The third-order valence-corrected chi connectivity index (χ3v) is 4.93. The maximum atomic E-state index is 12.5. The van der Waals surface area contributed by atoms with Crippen LogP contribution in [0.3, 0.4) is 0 Å². The Labute approximate surface area is 131 Å². The van der Waals surface area contributed by atoms with Gasteiger partial charge in [-0.3, -0.25) is 9.69 Å². The van der Waals surface area contributed by atoms with Crippen LogP contribution >= 0.6 is 11.3 Å². The summed E-state index contributed by atoms with van der Waals surface area (Å²) in [6.07, 6.45) is 4.99. The maximum Gasteiger partial charge on any atom is 0.295 e. The Morgan fingerprint density at radius 1 is 1.32 bits per heavy atom. The van der Waals surface area contributed by atoms with Gasteiger partial charge >= 0.3 is 0 Å². The predicted molar refractivity (Wildman–Crippen MR) is 83.3 cm³/mol. The number of anilines is 1. The van der Waals surface area contributed by atoms with Crippen molar-refractivity contribution in [1.82, 2.24) is 4.98 Å². The summed E-state index contributed by atoms with van der Waals surface area (Å²) >= 11 is 1.57. The smallest absolute Gasteiger partial charge is 0.295 e. The summed E-state index contributed by atoms with van der Waals surface area (Å²) in [6.45, 7) is 2.48. The highest BCUT2D eigenvalue weighted by atomic mass is 32.1. The third-order valence-electron chi connectivity index (χ3n) is 3.79. The molecule has 0 N–H and O–H groups in total. The lowest BCUT2D eigenvalue weighted by Gasteiger charge is -2.15. The van der Waals surface area contributed by atoms with Crippen molar-refractivity contribution in [2.24, 2.45) is 0 Å². The van der Waals surface area contributed by atoms with E-state index in [0.717, 1.165) is 29.9 Å². The number of carbonyl (C=O) groups is 1. The molecule has 0 aliphatic heterocycles. The number of nitrogens with zero attached hydrogens (tertiary/aromatic N) is 2. The average Bonchev–Trinajstić information content (AvgIpc) is 3.26. The molecule has 3 heterocycles. The lowest BCUT2D eigenvalue weighted by atomic mass is 10.0. The molecule has 1 aliphatic carbocycles. The van der Waals surface area contributed by atoms with Gasteiger partial charge in [0.15, 0.2) is 10.9 Å². The van der Waals surface area contributed by atoms with Crippen molar-refractivity contribution >= 4 is 22.4 Å². The van der Waals surface area contributed by atoms with Gasteiger partial charge in [0, 0.05) is 23.4 Å². The summed E-state index contributed by atoms with van der Waals surface area (Å²) in [5.41, 5.74) is 1.99. The average molecular weight is 314 g/mol. The highest BCUT2D eigenvalue weighted by Crippen LogP contribution is 2.39. The minimum atomic E-state index is -0.161. The van der Waals surface area contributed by atoms with Gasteiger partial charge in [0.05, 0.1) is 18.2 Å². The van der Waals surface area contributed by atoms with Gasteiger partial charge in [0.25, 0.3) is 5.91 Å². The monoisotopic (exact) mass is 314 g/mol. The lowest BCUT2D eigenvalue weighted by molar-refractivity contribution is 0.0961. The maximum absolute atomic E-state index is 12.5. The van der Waals surface area contributed by atoms with Gasteiger partial charge in [-0.2, -0.15) is 0 Å². The van der Waals surface area contributed by atoms with E-state index in [2.05, 4.69) is 4.98 Å². The molecule has 0 unspecified atom stereocenters. The number of thiazole rings is 1. The normalized spacial score (nSPS) is 12.8. The van der Waals surface area contributed by atoms with Crippen LogP contribution in [0.1, 0.15) is 28.1 Å². The fourth-order valence-electron chi connectivity index (χ4n) is 2.71. The van der Waals surface area contributed by atoms with Crippen molar-refractivity contribution in [2.75, 3.05) is 11.4 Å². The Bertz CT molecular complexity index is 816. The molecule has 0 spiro atoms. The fourth-order valence-corrected chi connectivity index (χ4v) is 3.84. The lowest BCUT2D eigenvalue weighted by Crippen LogP contribution is -2.30. The number of hydrogen-bond donors (Lipinski definition) is 0. The van der Waals surface area contributed by atoms with E-state index in [1.165, 1.54) is 11.1 Å². The van der Waals surface area contributed by atoms with Crippen LogP contribution in [0.15, 0.2) is 39.6 Å². The molecule has 1 aliphatic rings. The van der Waals surface area contributed by atoms with E-state index in [1.54, 1.807) is 34.6 Å². The van der Waals surface area contributed by atoms with Crippen LogP contribution in [0.5, 0.6) is 0 Å². The van der Waals surface area contributed by atoms with E-state index >= 15 is 0 Å². The molecule has 0 bridgehead atoms. The van der Waals surface area contributed by atoms with Gasteiger partial charge in [-0.25, -0.2) is 4.98 Å². The molecule has 0 radical (unpaired) electrons. The van der Waals surface area contributed by atoms with Gasteiger partial charge in [-0.05, 0) is 31.5 Å². The summed E-state index contributed by atoms with van der Waals surface area (Å²) in [4.78, 5) is 20.1. The minimum Gasteiger partial charge on any atom is -0.469 e. The van der Waals surface area contributed by atoms with E-state index in [1.807, 2.05) is 13.0 Å². The predicted octanol–water partition coefficient (Wildman–Crippen LogP) is 3.76. The molecule has 112 valence electrons. The van der Waals surface area contributed by atoms with E-state index in [0.29, 0.717) is 17.4 Å². The van der Waals surface area contributed by atoms with E-state index in [4.69, 9.17) is 8.83 Å². The zero-order valence-electron chi connectivity index (χ0n) is 12.0. The molecule has 5 nitrogen and oxygen atoms in total. The number of amides is 1. The molecule has 0 fully saturated rings. The Balaban J connectivity index is 1.73. The van der Waals surface area contributed by atoms with Gasteiger partial charge in [0.2, 0.25) is 0 Å². The fraction of sp³-hybridized carbons (Fsp3) is 0.250. The van der Waals surface area contributed by atoms with Crippen LogP contribution < -0.4 is 4.90 Å². The van der Waals surface area contributed by atoms with Crippen molar-refractivity contribution in [1.29, 1.82) is 0 Å². The van der Waals surface area contributed by atoms with Crippen molar-refractivity contribution in [3.8, 4) is 11.3 Å². The van der Waals surface area contributed by atoms with Gasteiger partial charge in [-0.1, -0.05) is 0 Å². The molecular formula is C16H14N2O3S. The van der Waals surface area contributed by atoms with Crippen LogP contribution in [0.25, 0.3) is 11.3 Å². The standard InChI is InChI=1S/C16H14N2O3S/c1-2-18(15(19)12-4-3-8-20-12)16-17-14-10-7-9-21-11(10)5-6-13(14)22-16/h3-4,7-9H,2,5-6H2,1H3. The number of hydrogen-bond acceptors (Lipinski definition) is 5. The van der Waals surface area contributed by atoms with Crippen LogP contribution in [0.2, 0.25) is 0 Å². The number of rotatable bonds is 3. The van der Waals surface area contributed by atoms with E-state index in [9.17, 15) is 4.79 Å². The van der Waals surface area contributed by atoms with Crippen LogP contribution in [0.4, 0.5) is 5.13 Å². The van der Waals surface area contributed by atoms with Crippen LogP contribution in [-0.4, -0.2) is 17.4 Å². The summed E-state index contributed by atoms with van der Waals surface area (Å²) in [5.74, 6) is 1.15. The highest BCUT2D eigenvalue weighted by Gasteiger charge is 2.27. The highest BCUT2D eigenvalue weighted by molar-refractivity contribution is 7.16. The van der Waals surface area contributed by atoms with Crippen molar-refractivity contribution in [2.45, 2.75) is 19.8 Å². The summed E-state index contributed by atoms with van der Waals surface area (Å²) in [5, 5.41) is 0.711. The second kappa shape index (κ2) is 5.14. The van der Waals surface area contributed by atoms with Gasteiger partial charge in [-0.15, -0.1) is 11.3 Å². The first-order valence-electron chi connectivity index (χ1n) is 7.19. The van der Waals surface area contributed by atoms with E-state index in [-0.39, 0.29) is 5.91 Å². The quantitative estimate of drug-likeness (QED) is 0.738. The molecule has 22 heavy (non-hydrogen) atoms. The second-order valence-electron chi connectivity index (χ2n) is 5.05. The second-order valence-corrected chi connectivity index (χ2v) is 6.11. The molecule has 3 aromatic rings. The molecule has 6 heteroatoms. The molecule has 0 atom stereocenters. The van der Waals surface area contributed by atoms with Crippen molar-refractivity contribution in [3.05, 3.63) is 47.1 Å². The number of carbonyl (C=O) groups excluding carboxylic acids is 1. The SMILES string of the molecule is CCN(C(=O)c1ccco1)c1nc2c(s1)CCc1occc1-2. The first-order valence-corrected chi connectivity index (χ1v) is 8.01. The summed E-state index contributed by atoms with van der Waals surface area (Å²) in [6, 6.07) is 5.33. The Morgan fingerprint density at radius 2 is 2.23 bits per heavy atom. The Morgan fingerprint density at radius 3 is 3.00 bits per heavy atom. The number of fused-ring (bicyclic) bond motifs is 3. The number of aromatic nitrogens is 1. The summed E-state index contributed by atoms with van der Waals surface area (Å²) < 4.78 is 10.7. The number of furan rings is 2. The number of aryl methyl sites for hydroxylation is 2. The Hall–Kier alpha value is -2.34. The van der Waals surface area contributed by atoms with Gasteiger partial charge < -0.3 is 8.83 Å². The molecule has 4 rings (SSSR count). The zero-order valence-corrected chi connectivity index (χ0v) is 12.9. The molecule has 0 saturated heterocycles. The van der Waals surface area contributed by atoms with Crippen LogP contribution in [-0.2, 0) is 12.8 Å². The Kier molecular flexibility index (Phi) is 3.11. The van der Waals surface area contributed by atoms with Crippen LogP contribution in [0, 0.1) is 0 Å². The van der Waals surface area contributed by atoms with Crippen molar-refractivity contribution < 1.29 is 13.6 Å². The molecular weight excluding hydrogens is 300 g/mol. The molecule has 1 amide bonds.